The number of thioether (sulfide) groups is 1. The Labute approximate surface area is 156 Å². The third-order valence-electron chi connectivity index (χ3n) is 4.26. The summed E-state index contributed by atoms with van der Waals surface area (Å²) in [5.41, 5.74) is 0.354. The highest BCUT2D eigenvalue weighted by atomic mass is 32.2. The van der Waals surface area contributed by atoms with Crippen LogP contribution in [0.4, 0.5) is 0 Å². The lowest BCUT2D eigenvalue weighted by Crippen LogP contribution is -2.51. The molecule has 0 saturated carbocycles. The summed E-state index contributed by atoms with van der Waals surface area (Å²) in [6.45, 7) is 4.43. The molecular weight excluding hydrogens is 378 g/mol. The van der Waals surface area contributed by atoms with Gasteiger partial charge in [0.2, 0.25) is 15.9 Å². The van der Waals surface area contributed by atoms with Crippen molar-refractivity contribution in [1.29, 1.82) is 0 Å². The van der Waals surface area contributed by atoms with Gasteiger partial charge in [0, 0.05) is 45.6 Å². The lowest BCUT2D eigenvalue weighted by Gasteiger charge is -2.33. The van der Waals surface area contributed by atoms with Crippen LogP contribution in [0.5, 0.6) is 0 Å². The predicted octanol–water partition coefficient (Wildman–Crippen LogP) is 0.650. The highest BCUT2D eigenvalue weighted by molar-refractivity contribution is 7.99. The Balaban J connectivity index is 1.58. The zero-order valence-electron chi connectivity index (χ0n) is 14.9. The van der Waals surface area contributed by atoms with Crippen molar-refractivity contribution < 1.29 is 17.7 Å². The molecule has 2 aromatic heterocycles. The minimum absolute atomic E-state index is 0.0209. The fourth-order valence-electron chi connectivity index (χ4n) is 2.86. The van der Waals surface area contributed by atoms with Gasteiger partial charge in [-0.1, -0.05) is 16.9 Å². The topological polar surface area (TPSA) is 102 Å². The molecule has 1 amide bonds. The summed E-state index contributed by atoms with van der Waals surface area (Å²) in [6.07, 6.45) is 3.51. The lowest BCUT2D eigenvalue weighted by molar-refractivity contribution is -0.129. The number of carbonyl (C=O) groups is 1. The molecule has 3 rings (SSSR count). The summed E-state index contributed by atoms with van der Waals surface area (Å²) in [4.78, 5) is 18.4. The average molecular weight is 399 g/mol. The maximum atomic E-state index is 12.8. The molecular formula is C15H21N5O4S2. The lowest BCUT2D eigenvalue weighted by atomic mass is 10.3. The molecule has 0 unspecified atom stereocenters. The zero-order chi connectivity index (χ0) is 18.9. The molecule has 142 valence electrons. The van der Waals surface area contributed by atoms with E-state index in [1.807, 2.05) is 17.8 Å². The molecule has 1 saturated heterocycles. The van der Waals surface area contributed by atoms with E-state index in [2.05, 4.69) is 10.1 Å². The minimum Gasteiger partial charge on any atom is -0.360 e. The van der Waals surface area contributed by atoms with Gasteiger partial charge in [-0.3, -0.25) is 4.79 Å². The Morgan fingerprint density at radius 2 is 1.96 bits per heavy atom. The summed E-state index contributed by atoms with van der Waals surface area (Å²) in [5.74, 6) is 0.543. The van der Waals surface area contributed by atoms with Gasteiger partial charge in [-0.25, -0.2) is 13.4 Å². The van der Waals surface area contributed by atoms with Gasteiger partial charge in [0.15, 0.2) is 10.9 Å². The van der Waals surface area contributed by atoms with Crippen molar-refractivity contribution in [2.45, 2.75) is 23.9 Å². The van der Waals surface area contributed by atoms with E-state index in [9.17, 15) is 13.2 Å². The van der Waals surface area contributed by atoms with Crippen LogP contribution in [0.1, 0.15) is 11.5 Å². The summed E-state index contributed by atoms with van der Waals surface area (Å²) in [7, 11) is -1.79. The van der Waals surface area contributed by atoms with E-state index in [1.54, 1.807) is 24.9 Å². The van der Waals surface area contributed by atoms with E-state index in [-0.39, 0.29) is 35.4 Å². The summed E-state index contributed by atoms with van der Waals surface area (Å²) < 4.78 is 33.8. The fraction of sp³-hybridized carbons (Fsp3) is 0.533. The highest BCUT2D eigenvalue weighted by Crippen LogP contribution is 2.24. The second-order valence-corrected chi connectivity index (χ2v) is 8.86. The number of amides is 1. The number of nitrogens with zero attached hydrogens (tertiary/aromatic N) is 5. The van der Waals surface area contributed by atoms with Crippen molar-refractivity contribution in [2.24, 2.45) is 7.05 Å². The summed E-state index contributed by atoms with van der Waals surface area (Å²) in [5, 5.41) is 4.50. The van der Waals surface area contributed by atoms with Gasteiger partial charge in [0.05, 0.1) is 5.75 Å². The van der Waals surface area contributed by atoms with E-state index < -0.39 is 10.0 Å². The Morgan fingerprint density at radius 1 is 1.27 bits per heavy atom. The molecule has 2 aromatic rings. The van der Waals surface area contributed by atoms with Crippen molar-refractivity contribution in [2.75, 3.05) is 31.9 Å². The monoisotopic (exact) mass is 399 g/mol. The van der Waals surface area contributed by atoms with Gasteiger partial charge in [0.1, 0.15) is 10.6 Å². The average Bonchev–Trinajstić information content (AvgIpc) is 3.18. The molecule has 0 aliphatic carbocycles. The van der Waals surface area contributed by atoms with Gasteiger partial charge < -0.3 is 14.0 Å². The second-order valence-electron chi connectivity index (χ2n) is 6.05. The second kappa shape index (κ2) is 7.41. The molecule has 0 N–H and O–H groups in total. The molecule has 11 heteroatoms. The molecule has 3 heterocycles. The van der Waals surface area contributed by atoms with Crippen molar-refractivity contribution in [3.8, 4) is 0 Å². The van der Waals surface area contributed by atoms with Crippen molar-refractivity contribution in [3.63, 3.8) is 0 Å². The van der Waals surface area contributed by atoms with Crippen LogP contribution < -0.4 is 0 Å². The highest BCUT2D eigenvalue weighted by Gasteiger charge is 2.34. The fourth-order valence-corrected chi connectivity index (χ4v) is 5.41. The first-order chi connectivity index (χ1) is 12.3. The standard InChI is InChI=1S/C15H21N5O4S2/c1-11-14(12(2)24-17-11)26(22,23)20-8-6-19(7-9-20)13(21)10-25-15-16-4-5-18(15)3/h4-5H,6-10H2,1-3H3. The van der Waals surface area contributed by atoms with Gasteiger partial charge >= 0.3 is 0 Å². The van der Waals surface area contributed by atoms with Crippen LogP contribution in [0.2, 0.25) is 0 Å². The number of aryl methyl sites for hydroxylation is 3. The Morgan fingerprint density at radius 3 is 2.50 bits per heavy atom. The molecule has 0 radical (unpaired) electrons. The third-order valence-corrected chi connectivity index (χ3v) is 7.45. The molecule has 1 aliphatic rings. The smallest absolute Gasteiger partial charge is 0.248 e. The third kappa shape index (κ3) is 3.64. The number of aromatic nitrogens is 3. The van der Waals surface area contributed by atoms with Crippen LogP contribution in [0.25, 0.3) is 0 Å². The number of piperazine rings is 1. The molecule has 0 aromatic carbocycles. The van der Waals surface area contributed by atoms with Crippen molar-refractivity contribution in [1.82, 2.24) is 23.9 Å². The molecule has 0 spiro atoms. The van der Waals surface area contributed by atoms with Gasteiger partial charge in [-0.05, 0) is 13.8 Å². The molecule has 0 bridgehead atoms. The quantitative estimate of drug-likeness (QED) is 0.680. The van der Waals surface area contributed by atoms with Gasteiger partial charge in [0.25, 0.3) is 0 Å². The summed E-state index contributed by atoms with van der Waals surface area (Å²) >= 11 is 1.37. The first-order valence-corrected chi connectivity index (χ1v) is 10.5. The van der Waals surface area contributed by atoms with E-state index in [0.29, 0.717) is 18.8 Å². The van der Waals surface area contributed by atoms with Crippen LogP contribution in [0.3, 0.4) is 0 Å². The van der Waals surface area contributed by atoms with Crippen LogP contribution in [-0.4, -0.2) is 70.2 Å². The zero-order valence-corrected chi connectivity index (χ0v) is 16.5. The SMILES string of the molecule is Cc1noc(C)c1S(=O)(=O)N1CCN(C(=O)CSc2nccn2C)CC1. The van der Waals surface area contributed by atoms with Crippen LogP contribution in [0.15, 0.2) is 27.0 Å². The molecule has 9 nitrogen and oxygen atoms in total. The number of rotatable bonds is 5. The molecule has 26 heavy (non-hydrogen) atoms. The Bertz CT molecular complexity index is 878. The first-order valence-electron chi connectivity index (χ1n) is 8.11. The minimum atomic E-state index is -3.66. The van der Waals surface area contributed by atoms with E-state index in [4.69, 9.17) is 4.52 Å². The number of hydrogen-bond acceptors (Lipinski definition) is 7. The van der Waals surface area contributed by atoms with Gasteiger partial charge in [-0.15, -0.1) is 0 Å². The Kier molecular flexibility index (Phi) is 5.39. The van der Waals surface area contributed by atoms with E-state index in [0.717, 1.165) is 5.16 Å². The Hall–Kier alpha value is -1.85. The number of carbonyl (C=O) groups excluding carboxylic acids is 1. The molecule has 1 aliphatic heterocycles. The van der Waals surface area contributed by atoms with Crippen LogP contribution in [-0.2, 0) is 21.9 Å². The van der Waals surface area contributed by atoms with Crippen LogP contribution >= 0.6 is 11.8 Å². The maximum absolute atomic E-state index is 12.8. The maximum Gasteiger partial charge on any atom is 0.248 e. The number of hydrogen-bond donors (Lipinski definition) is 0. The van der Waals surface area contributed by atoms with E-state index in [1.165, 1.54) is 16.1 Å². The molecule has 1 fully saturated rings. The van der Waals surface area contributed by atoms with Crippen molar-refractivity contribution in [3.05, 3.63) is 23.8 Å². The largest absolute Gasteiger partial charge is 0.360 e. The number of imidazole rings is 1. The predicted molar refractivity (Wildman–Crippen MR) is 95.2 cm³/mol. The van der Waals surface area contributed by atoms with Crippen molar-refractivity contribution >= 4 is 27.7 Å². The van der Waals surface area contributed by atoms with Gasteiger partial charge in [-0.2, -0.15) is 4.31 Å². The normalized spacial score (nSPS) is 16.2. The van der Waals surface area contributed by atoms with Crippen LogP contribution in [0, 0.1) is 13.8 Å². The summed E-state index contributed by atoms with van der Waals surface area (Å²) in [6, 6.07) is 0. The first kappa shape index (κ1) is 18.9. The number of sulfonamides is 1. The molecule has 0 atom stereocenters. The van der Waals surface area contributed by atoms with E-state index >= 15 is 0 Å².